The van der Waals surface area contributed by atoms with Gasteiger partial charge >= 0.3 is 0 Å². The molecule has 0 bridgehead atoms. The SMILES string of the molecule is C=C(N)/C=C/c1ccccc1.CC. The zero-order valence-electron chi connectivity index (χ0n) is 8.33. The van der Waals surface area contributed by atoms with E-state index in [1.807, 2.05) is 50.3 Å². The number of hydrogen-bond donors (Lipinski definition) is 1. The molecule has 2 N–H and O–H groups in total. The fourth-order valence-electron chi connectivity index (χ4n) is 0.767. The maximum absolute atomic E-state index is 5.36. The summed E-state index contributed by atoms with van der Waals surface area (Å²) in [5, 5.41) is 0. The third-order valence-corrected chi connectivity index (χ3v) is 1.29. The molecule has 1 nitrogen and oxygen atoms in total. The van der Waals surface area contributed by atoms with Gasteiger partial charge < -0.3 is 5.73 Å². The number of nitrogens with two attached hydrogens (primary N) is 1. The van der Waals surface area contributed by atoms with Crippen molar-refractivity contribution in [3.05, 3.63) is 54.2 Å². The predicted molar refractivity (Wildman–Crippen MR) is 60.2 cm³/mol. The third-order valence-electron chi connectivity index (χ3n) is 1.29. The Balaban J connectivity index is 0.000000671. The fourth-order valence-corrected chi connectivity index (χ4v) is 0.767. The molecular weight excluding hydrogens is 158 g/mol. The van der Waals surface area contributed by atoms with Crippen molar-refractivity contribution in [3.63, 3.8) is 0 Å². The van der Waals surface area contributed by atoms with E-state index < -0.39 is 0 Å². The Morgan fingerprint density at radius 2 is 1.77 bits per heavy atom. The lowest BCUT2D eigenvalue weighted by atomic mass is 10.2. The van der Waals surface area contributed by atoms with E-state index in [1.54, 1.807) is 6.08 Å². The predicted octanol–water partition coefficient (Wildman–Crippen LogP) is 3.20. The van der Waals surface area contributed by atoms with E-state index in [2.05, 4.69) is 6.58 Å². The van der Waals surface area contributed by atoms with Gasteiger partial charge in [0.05, 0.1) is 0 Å². The van der Waals surface area contributed by atoms with Crippen LogP contribution in [0.5, 0.6) is 0 Å². The molecule has 1 aromatic rings. The van der Waals surface area contributed by atoms with Gasteiger partial charge in [0, 0.05) is 5.70 Å². The van der Waals surface area contributed by atoms with Gasteiger partial charge in [0.2, 0.25) is 0 Å². The average molecular weight is 175 g/mol. The van der Waals surface area contributed by atoms with E-state index in [0.717, 1.165) is 5.56 Å². The molecule has 13 heavy (non-hydrogen) atoms. The van der Waals surface area contributed by atoms with Crippen LogP contribution in [-0.4, -0.2) is 0 Å². The molecule has 70 valence electrons. The van der Waals surface area contributed by atoms with E-state index in [9.17, 15) is 0 Å². The standard InChI is InChI=1S/C10H11N.C2H6/c1-9(11)7-8-10-5-3-2-4-6-10;1-2/h2-8H,1,11H2;1-2H3/b8-7+;. The zero-order valence-corrected chi connectivity index (χ0v) is 8.33. The zero-order chi connectivity index (χ0) is 10.1. The van der Waals surface area contributed by atoms with Gasteiger partial charge in [-0.1, -0.05) is 56.8 Å². The monoisotopic (exact) mass is 175 g/mol. The number of hydrogen-bond acceptors (Lipinski definition) is 1. The first kappa shape index (κ1) is 11.5. The molecule has 0 aliphatic heterocycles. The Morgan fingerprint density at radius 3 is 2.23 bits per heavy atom. The molecule has 0 spiro atoms. The van der Waals surface area contributed by atoms with Gasteiger partial charge in [-0.3, -0.25) is 0 Å². The van der Waals surface area contributed by atoms with Crippen LogP contribution in [0, 0.1) is 0 Å². The van der Waals surface area contributed by atoms with Gasteiger partial charge in [-0.2, -0.15) is 0 Å². The van der Waals surface area contributed by atoms with Crippen LogP contribution in [0.1, 0.15) is 19.4 Å². The second kappa shape index (κ2) is 7.17. The van der Waals surface area contributed by atoms with Crippen molar-refractivity contribution in [2.45, 2.75) is 13.8 Å². The third kappa shape index (κ3) is 5.74. The van der Waals surface area contributed by atoms with Gasteiger partial charge in [-0.25, -0.2) is 0 Å². The molecule has 0 aromatic heterocycles. The number of rotatable bonds is 2. The van der Waals surface area contributed by atoms with Crippen molar-refractivity contribution in [1.82, 2.24) is 0 Å². The van der Waals surface area contributed by atoms with Crippen LogP contribution in [0.2, 0.25) is 0 Å². The average Bonchev–Trinajstić information content (AvgIpc) is 2.19. The Kier molecular flexibility index (Phi) is 6.34. The fraction of sp³-hybridized carbons (Fsp3) is 0.167. The topological polar surface area (TPSA) is 26.0 Å². The van der Waals surface area contributed by atoms with E-state index in [4.69, 9.17) is 5.73 Å². The quantitative estimate of drug-likeness (QED) is 0.686. The minimum Gasteiger partial charge on any atom is -0.399 e. The summed E-state index contributed by atoms with van der Waals surface area (Å²) in [6, 6.07) is 9.98. The first-order valence-corrected chi connectivity index (χ1v) is 4.46. The largest absolute Gasteiger partial charge is 0.399 e. The summed E-state index contributed by atoms with van der Waals surface area (Å²) in [5.41, 5.74) is 7.07. The van der Waals surface area contributed by atoms with Gasteiger partial charge in [0.15, 0.2) is 0 Å². The smallest absolute Gasteiger partial charge is 0.0241 e. The van der Waals surface area contributed by atoms with Crippen molar-refractivity contribution in [1.29, 1.82) is 0 Å². The first-order valence-electron chi connectivity index (χ1n) is 4.46. The minimum atomic E-state index is 0.578. The molecule has 0 fully saturated rings. The van der Waals surface area contributed by atoms with E-state index in [1.165, 1.54) is 0 Å². The highest BCUT2D eigenvalue weighted by Gasteiger charge is 1.81. The van der Waals surface area contributed by atoms with Gasteiger partial charge in [0.1, 0.15) is 0 Å². The Hall–Kier alpha value is -1.50. The summed E-state index contributed by atoms with van der Waals surface area (Å²) in [6.07, 6.45) is 3.72. The summed E-state index contributed by atoms with van der Waals surface area (Å²) >= 11 is 0. The second-order valence-corrected chi connectivity index (χ2v) is 2.32. The molecule has 1 heteroatoms. The van der Waals surface area contributed by atoms with Crippen LogP contribution in [-0.2, 0) is 0 Å². The Labute approximate surface area is 80.6 Å². The summed E-state index contributed by atoms with van der Waals surface area (Å²) in [4.78, 5) is 0. The number of allylic oxidation sites excluding steroid dienone is 1. The van der Waals surface area contributed by atoms with E-state index >= 15 is 0 Å². The molecule has 1 aromatic carbocycles. The molecule has 0 unspecified atom stereocenters. The maximum atomic E-state index is 5.36. The summed E-state index contributed by atoms with van der Waals surface area (Å²) < 4.78 is 0. The van der Waals surface area contributed by atoms with Crippen molar-refractivity contribution < 1.29 is 0 Å². The molecule has 0 amide bonds. The molecule has 0 saturated heterocycles. The highest BCUT2D eigenvalue weighted by Crippen LogP contribution is 2.01. The lowest BCUT2D eigenvalue weighted by Crippen LogP contribution is -1.87. The molecule has 0 saturated carbocycles. The van der Waals surface area contributed by atoms with Crippen LogP contribution in [0.25, 0.3) is 6.08 Å². The molecule has 0 aliphatic rings. The van der Waals surface area contributed by atoms with Crippen LogP contribution in [0.4, 0.5) is 0 Å². The lowest BCUT2D eigenvalue weighted by molar-refractivity contribution is 1.46. The van der Waals surface area contributed by atoms with E-state index in [-0.39, 0.29) is 0 Å². The van der Waals surface area contributed by atoms with Crippen molar-refractivity contribution >= 4 is 6.08 Å². The molecule has 0 aliphatic carbocycles. The van der Waals surface area contributed by atoms with Crippen molar-refractivity contribution in [2.75, 3.05) is 0 Å². The van der Waals surface area contributed by atoms with Crippen molar-refractivity contribution in [3.8, 4) is 0 Å². The lowest BCUT2D eigenvalue weighted by Gasteiger charge is -1.90. The van der Waals surface area contributed by atoms with Gasteiger partial charge in [-0.05, 0) is 11.6 Å². The first-order chi connectivity index (χ1) is 6.29. The van der Waals surface area contributed by atoms with Crippen LogP contribution >= 0.6 is 0 Å². The molecular formula is C12H17N. The highest BCUT2D eigenvalue weighted by atomic mass is 14.5. The molecule has 1 rings (SSSR count). The second-order valence-electron chi connectivity index (χ2n) is 2.32. The molecule has 0 atom stereocenters. The minimum absolute atomic E-state index is 0.578. The highest BCUT2D eigenvalue weighted by molar-refractivity contribution is 5.51. The summed E-state index contributed by atoms with van der Waals surface area (Å²) in [7, 11) is 0. The van der Waals surface area contributed by atoms with E-state index in [0.29, 0.717) is 5.70 Å². The van der Waals surface area contributed by atoms with Crippen LogP contribution < -0.4 is 5.73 Å². The van der Waals surface area contributed by atoms with Crippen molar-refractivity contribution in [2.24, 2.45) is 5.73 Å². The van der Waals surface area contributed by atoms with Crippen LogP contribution in [0.15, 0.2) is 48.7 Å². The van der Waals surface area contributed by atoms with Crippen LogP contribution in [0.3, 0.4) is 0 Å². The maximum Gasteiger partial charge on any atom is 0.0241 e. The normalized spacial score (nSPS) is 9.08. The molecule has 0 heterocycles. The Bertz CT molecular complexity index is 260. The summed E-state index contributed by atoms with van der Waals surface area (Å²) in [5.74, 6) is 0. The number of benzene rings is 1. The van der Waals surface area contributed by atoms with Gasteiger partial charge in [-0.15, -0.1) is 0 Å². The molecule has 0 radical (unpaired) electrons. The summed E-state index contributed by atoms with van der Waals surface area (Å²) in [6.45, 7) is 7.56. The van der Waals surface area contributed by atoms with Gasteiger partial charge in [0.25, 0.3) is 0 Å². The Morgan fingerprint density at radius 1 is 1.23 bits per heavy atom.